The summed E-state index contributed by atoms with van der Waals surface area (Å²) < 4.78 is 41.6. The van der Waals surface area contributed by atoms with Crippen molar-refractivity contribution in [1.29, 1.82) is 0 Å². The number of esters is 1. The molecule has 0 unspecified atom stereocenters. The van der Waals surface area contributed by atoms with Crippen LogP contribution in [-0.2, 0) is 16.0 Å². The van der Waals surface area contributed by atoms with Crippen LogP contribution in [0.15, 0.2) is 24.3 Å². The molecule has 0 aliphatic carbocycles. The first-order chi connectivity index (χ1) is 7.43. The summed E-state index contributed by atoms with van der Waals surface area (Å²) in [6.07, 6.45) is 0.345. The van der Waals surface area contributed by atoms with Gasteiger partial charge in [0, 0.05) is 6.42 Å². The molecular weight excluding hydrogens is 259 g/mol. The zero-order valence-corrected chi connectivity index (χ0v) is 12.9. The summed E-state index contributed by atoms with van der Waals surface area (Å²) in [5.74, 6) is -0.428. The Morgan fingerprint density at radius 1 is 1.35 bits per heavy atom. The van der Waals surface area contributed by atoms with Gasteiger partial charge in [0.2, 0.25) is 0 Å². The smallest absolute Gasteiger partial charge is 0.469 e. The van der Waals surface area contributed by atoms with Crippen molar-refractivity contribution in [2.75, 3.05) is 7.11 Å². The summed E-state index contributed by atoms with van der Waals surface area (Å²) in [6.45, 7) is -4.98. The Morgan fingerprint density at radius 3 is 2.53 bits per heavy atom. The third kappa shape index (κ3) is 6.06. The number of ether oxygens (including phenoxy) is 1. The molecule has 7 heteroatoms. The topological polar surface area (TPSA) is 26.3 Å². The molecule has 0 aromatic heterocycles. The van der Waals surface area contributed by atoms with E-state index in [1.165, 1.54) is 13.2 Å². The summed E-state index contributed by atoms with van der Waals surface area (Å²) in [7, 11) is 1.25. The van der Waals surface area contributed by atoms with Crippen molar-refractivity contribution >= 4 is 18.4 Å². The molecule has 0 N–H and O–H groups in total. The Bertz CT molecular complexity index is 382. The number of hydrogen-bond acceptors (Lipinski definition) is 2. The second-order valence-corrected chi connectivity index (χ2v) is 3.40. The van der Waals surface area contributed by atoms with E-state index in [1.54, 1.807) is 6.07 Å². The maximum absolute atomic E-state index is 12.4. The molecule has 1 aromatic rings. The molecule has 0 spiro atoms. The van der Waals surface area contributed by atoms with Crippen molar-refractivity contribution in [2.24, 2.45) is 0 Å². The first-order valence-electron chi connectivity index (χ1n) is 4.79. The number of methoxy groups -OCH3 is 1. The molecule has 17 heavy (non-hydrogen) atoms. The summed E-state index contributed by atoms with van der Waals surface area (Å²) in [5, 5.41) is 0. The maximum Gasteiger partial charge on any atom is 1.00 e. The standard InChI is InChI=1S/C10H11BF3O2.K/c1-16-10(15)6-5-8-3-2-4-9(7-8)11(12,13)14;/h2-4,7H,5-6H2,1H3;/q-1;+1. The van der Waals surface area contributed by atoms with E-state index in [4.69, 9.17) is 0 Å². The van der Waals surface area contributed by atoms with Gasteiger partial charge in [-0.2, -0.15) is 0 Å². The fourth-order valence-electron chi connectivity index (χ4n) is 1.30. The van der Waals surface area contributed by atoms with Crippen LogP contribution in [0, 0.1) is 0 Å². The first-order valence-corrected chi connectivity index (χ1v) is 4.79. The molecule has 0 fully saturated rings. The fraction of sp³-hybridized carbons (Fsp3) is 0.300. The molecule has 0 saturated heterocycles. The van der Waals surface area contributed by atoms with Crippen LogP contribution in [0.3, 0.4) is 0 Å². The van der Waals surface area contributed by atoms with Crippen LogP contribution in [0.25, 0.3) is 0 Å². The van der Waals surface area contributed by atoms with E-state index < -0.39 is 18.4 Å². The minimum Gasteiger partial charge on any atom is -0.469 e. The minimum absolute atomic E-state index is 0. The van der Waals surface area contributed by atoms with Gasteiger partial charge in [0.1, 0.15) is 0 Å². The summed E-state index contributed by atoms with van der Waals surface area (Å²) >= 11 is 0. The van der Waals surface area contributed by atoms with E-state index in [2.05, 4.69) is 4.74 Å². The van der Waals surface area contributed by atoms with Crippen molar-refractivity contribution < 1.29 is 73.9 Å². The Balaban J connectivity index is 0.00000256. The molecule has 0 aliphatic rings. The predicted molar refractivity (Wildman–Crippen MR) is 55.5 cm³/mol. The van der Waals surface area contributed by atoms with Crippen LogP contribution in [0.1, 0.15) is 12.0 Å². The monoisotopic (exact) mass is 270 g/mol. The van der Waals surface area contributed by atoms with Crippen molar-refractivity contribution in [1.82, 2.24) is 0 Å². The largest absolute Gasteiger partial charge is 1.00 e. The van der Waals surface area contributed by atoms with Crippen molar-refractivity contribution in [2.45, 2.75) is 12.8 Å². The molecule has 0 bridgehead atoms. The zero-order chi connectivity index (χ0) is 12.2. The van der Waals surface area contributed by atoms with Gasteiger partial charge in [0.05, 0.1) is 7.11 Å². The van der Waals surface area contributed by atoms with Crippen LogP contribution in [0.5, 0.6) is 0 Å². The third-order valence-corrected chi connectivity index (χ3v) is 2.17. The van der Waals surface area contributed by atoms with Crippen LogP contribution in [0.4, 0.5) is 12.9 Å². The Kier molecular flexibility index (Phi) is 7.66. The Labute approximate surface area is 140 Å². The fourth-order valence-corrected chi connectivity index (χ4v) is 1.30. The van der Waals surface area contributed by atoms with E-state index in [1.807, 2.05) is 0 Å². The summed E-state index contributed by atoms with van der Waals surface area (Å²) in [6, 6.07) is 5.01. The Hall–Kier alpha value is 0.181. The molecule has 0 radical (unpaired) electrons. The zero-order valence-electron chi connectivity index (χ0n) is 9.75. The average molecular weight is 270 g/mol. The Morgan fingerprint density at radius 2 is 2.00 bits per heavy atom. The average Bonchev–Trinajstić information content (AvgIpc) is 2.25. The van der Waals surface area contributed by atoms with Gasteiger partial charge < -0.3 is 17.7 Å². The summed E-state index contributed by atoms with van der Waals surface area (Å²) in [5.41, 5.74) is -0.149. The van der Waals surface area contributed by atoms with E-state index in [-0.39, 0.29) is 64.2 Å². The van der Waals surface area contributed by atoms with Crippen molar-refractivity contribution in [3.8, 4) is 0 Å². The van der Waals surface area contributed by atoms with Crippen LogP contribution >= 0.6 is 0 Å². The molecule has 0 saturated carbocycles. The predicted octanol–water partition coefficient (Wildman–Crippen LogP) is -1.15. The van der Waals surface area contributed by atoms with Crippen molar-refractivity contribution in [3.05, 3.63) is 29.8 Å². The molecule has 0 aliphatic heterocycles. The van der Waals surface area contributed by atoms with Gasteiger partial charge in [-0.15, -0.1) is 5.46 Å². The van der Waals surface area contributed by atoms with Crippen molar-refractivity contribution in [3.63, 3.8) is 0 Å². The number of benzene rings is 1. The number of carbonyl (C=O) groups excluding carboxylic acids is 1. The number of carbonyl (C=O) groups is 1. The van der Waals surface area contributed by atoms with Gasteiger partial charge in [-0.25, -0.2) is 0 Å². The van der Waals surface area contributed by atoms with E-state index in [0.717, 1.165) is 12.1 Å². The van der Waals surface area contributed by atoms with Gasteiger partial charge in [-0.1, -0.05) is 29.8 Å². The quantitative estimate of drug-likeness (QED) is 0.510. The van der Waals surface area contributed by atoms with E-state index >= 15 is 0 Å². The molecular formula is C10H11BF3KO2. The number of hydrogen-bond donors (Lipinski definition) is 0. The third-order valence-electron chi connectivity index (χ3n) is 2.17. The molecule has 1 rings (SSSR count). The van der Waals surface area contributed by atoms with E-state index in [9.17, 15) is 17.7 Å². The van der Waals surface area contributed by atoms with Gasteiger partial charge in [0.15, 0.2) is 0 Å². The van der Waals surface area contributed by atoms with Crippen LogP contribution in [-0.4, -0.2) is 20.1 Å². The van der Waals surface area contributed by atoms with Crippen LogP contribution < -0.4 is 56.8 Å². The van der Waals surface area contributed by atoms with Crippen LogP contribution in [0.2, 0.25) is 0 Å². The SMILES string of the molecule is COC(=O)CCc1cccc([B-](F)(F)F)c1.[K+]. The van der Waals surface area contributed by atoms with Gasteiger partial charge in [-0.3, -0.25) is 4.79 Å². The van der Waals surface area contributed by atoms with Gasteiger partial charge in [-0.05, 0) is 6.42 Å². The normalized spacial score (nSPS) is 10.6. The first kappa shape index (κ1) is 17.2. The second-order valence-electron chi connectivity index (χ2n) is 3.40. The molecule has 0 amide bonds. The maximum atomic E-state index is 12.4. The molecule has 0 atom stereocenters. The number of rotatable bonds is 4. The summed E-state index contributed by atoms with van der Waals surface area (Å²) in [4.78, 5) is 10.8. The molecule has 88 valence electrons. The second kappa shape index (κ2) is 7.58. The minimum atomic E-state index is -4.98. The van der Waals surface area contributed by atoms with Gasteiger partial charge >= 0.3 is 64.3 Å². The number of aryl methyl sites for hydroxylation is 1. The molecule has 2 nitrogen and oxygen atoms in total. The van der Waals surface area contributed by atoms with E-state index in [0.29, 0.717) is 5.56 Å². The molecule has 1 aromatic carbocycles. The molecule has 0 heterocycles. The van der Waals surface area contributed by atoms with Gasteiger partial charge in [0.25, 0.3) is 0 Å². The number of halogens is 3.